The van der Waals surface area contributed by atoms with E-state index in [1.165, 1.54) is 7.11 Å². The third kappa shape index (κ3) is 2.53. The Hall–Kier alpha value is -1.53. The molecule has 84 valence electrons. The maximum atomic E-state index is 11.1. The standard InChI is InChI=1S/C12H12ClNO2/c1-3-8-4-5-9(6-11(15)16-2)10(7-14)12(8)13/h4-5H,3,6H2,1-2H3. The molecule has 16 heavy (non-hydrogen) atoms. The van der Waals surface area contributed by atoms with Crippen molar-refractivity contribution < 1.29 is 9.53 Å². The van der Waals surface area contributed by atoms with E-state index in [0.29, 0.717) is 16.1 Å². The number of nitrogens with zero attached hydrogens (tertiary/aromatic N) is 1. The average molecular weight is 238 g/mol. The van der Waals surface area contributed by atoms with Crippen LogP contribution in [0.25, 0.3) is 0 Å². The number of methoxy groups -OCH3 is 1. The molecule has 0 saturated heterocycles. The van der Waals surface area contributed by atoms with Crippen LogP contribution in [0, 0.1) is 11.3 Å². The van der Waals surface area contributed by atoms with E-state index in [1.54, 1.807) is 6.07 Å². The van der Waals surface area contributed by atoms with Crippen molar-refractivity contribution in [2.45, 2.75) is 19.8 Å². The molecule has 1 aromatic rings. The molecule has 0 aliphatic carbocycles. The Bertz CT molecular complexity index is 449. The Morgan fingerprint density at radius 2 is 2.12 bits per heavy atom. The SMILES string of the molecule is CCc1ccc(CC(=O)OC)c(C#N)c1Cl. The highest BCUT2D eigenvalue weighted by Gasteiger charge is 2.13. The first-order chi connectivity index (χ1) is 7.63. The number of hydrogen-bond acceptors (Lipinski definition) is 3. The second-order valence-corrected chi connectivity index (χ2v) is 3.67. The third-order valence-electron chi connectivity index (χ3n) is 2.36. The summed E-state index contributed by atoms with van der Waals surface area (Å²) in [6, 6.07) is 5.61. The fourth-order valence-electron chi connectivity index (χ4n) is 1.43. The molecule has 0 bridgehead atoms. The Balaban J connectivity index is 3.17. The fraction of sp³-hybridized carbons (Fsp3) is 0.333. The molecule has 0 aliphatic heterocycles. The van der Waals surface area contributed by atoms with Gasteiger partial charge in [0.1, 0.15) is 6.07 Å². The number of rotatable bonds is 3. The van der Waals surface area contributed by atoms with Gasteiger partial charge >= 0.3 is 5.97 Å². The molecule has 0 spiro atoms. The number of nitriles is 1. The summed E-state index contributed by atoms with van der Waals surface area (Å²) in [5, 5.41) is 9.45. The van der Waals surface area contributed by atoms with Crippen molar-refractivity contribution in [1.29, 1.82) is 5.26 Å². The summed E-state index contributed by atoms with van der Waals surface area (Å²) in [5.74, 6) is -0.378. The first-order valence-electron chi connectivity index (χ1n) is 4.91. The minimum absolute atomic E-state index is 0.0725. The first kappa shape index (κ1) is 12.5. The van der Waals surface area contributed by atoms with Crippen molar-refractivity contribution in [3.8, 4) is 6.07 Å². The van der Waals surface area contributed by atoms with Gasteiger partial charge < -0.3 is 4.74 Å². The molecule has 0 fully saturated rings. The summed E-state index contributed by atoms with van der Waals surface area (Å²) < 4.78 is 4.56. The van der Waals surface area contributed by atoms with Crippen molar-refractivity contribution in [3.05, 3.63) is 33.8 Å². The van der Waals surface area contributed by atoms with Crippen LogP contribution in [0.5, 0.6) is 0 Å². The van der Waals surface area contributed by atoms with Crippen LogP contribution >= 0.6 is 11.6 Å². The normalized spacial score (nSPS) is 9.62. The molecular weight excluding hydrogens is 226 g/mol. The van der Waals surface area contributed by atoms with E-state index >= 15 is 0 Å². The number of aryl methyl sites for hydroxylation is 1. The van der Waals surface area contributed by atoms with Gasteiger partial charge in [0.2, 0.25) is 0 Å². The van der Waals surface area contributed by atoms with E-state index in [4.69, 9.17) is 16.9 Å². The highest BCUT2D eigenvalue weighted by Crippen LogP contribution is 2.25. The zero-order chi connectivity index (χ0) is 12.1. The van der Waals surface area contributed by atoms with Gasteiger partial charge in [0.05, 0.1) is 24.1 Å². The van der Waals surface area contributed by atoms with Crippen LogP contribution in [0.1, 0.15) is 23.6 Å². The summed E-state index contributed by atoms with van der Waals surface area (Å²) in [7, 11) is 1.32. The molecule has 0 radical (unpaired) electrons. The molecule has 0 amide bonds. The maximum absolute atomic E-state index is 11.1. The van der Waals surface area contributed by atoms with Gasteiger partial charge in [0.25, 0.3) is 0 Å². The van der Waals surface area contributed by atoms with Crippen molar-refractivity contribution in [2.24, 2.45) is 0 Å². The van der Waals surface area contributed by atoms with E-state index in [0.717, 1.165) is 12.0 Å². The molecular formula is C12H12ClNO2. The van der Waals surface area contributed by atoms with Crippen LogP contribution in [0.15, 0.2) is 12.1 Å². The maximum Gasteiger partial charge on any atom is 0.310 e. The number of carbonyl (C=O) groups is 1. The van der Waals surface area contributed by atoms with Crippen molar-refractivity contribution in [1.82, 2.24) is 0 Å². The lowest BCUT2D eigenvalue weighted by Gasteiger charge is -2.08. The minimum atomic E-state index is -0.378. The van der Waals surface area contributed by atoms with Gasteiger partial charge in [-0.15, -0.1) is 0 Å². The molecule has 0 saturated carbocycles. The van der Waals surface area contributed by atoms with E-state index in [2.05, 4.69) is 4.74 Å². The van der Waals surface area contributed by atoms with Crippen LogP contribution in [0.3, 0.4) is 0 Å². The Kier molecular flexibility index (Phi) is 4.33. The highest BCUT2D eigenvalue weighted by atomic mass is 35.5. The lowest BCUT2D eigenvalue weighted by atomic mass is 10.0. The molecule has 4 heteroatoms. The lowest BCUT2D eigenvalue weighted by Crippen LogP contribution is -2.06. The average Bonchev–Trinajstić information content (AvgIpc) is 2.29. The number of benzene rings is 1. The minimum Gasteiger partial charge on any atom is -0.469 e. The lowest BCUT2D eigenvalue weighted by molar-refractivity contribution is -0.139. The molecule has 0 heterocycles. The van der Waals surface area contributed by atoms with Gasteiger partial charge in [-0.2, -0.15) is 5.26 Å². The third-order valence-corrected chi connectivity index (χ3v) is 2.80. The first-order valence-corrected chi connectivity index (χ1v) is 5.29. The zero-order valence-corrected chi connectivity index (χ0v) is 9.97. The molecule has 0 aliphatic rings. The second kappa shape index (κ2) is 5.53. The Labute approximate surface area is 99.6 Å². The summed E-state index contributed by atoms with van der Waals surface area (Å²) in [6.07, 6.45) is 0.828. The van der Waals surface area contributed by atoms with Crippen LogP contribution < -0.4 is 0 Å². The van der Waals surface area contributed by atoms with Crippen LogP contribution in [0.4, 0.5) is 0 Å². The zero-order valence-electron chi connectivity index (χ0n) is 9.21. The second-order valence-electron chi connectivity index (χ2n) is 3.29. The monoisotopic (exact) mass is 237 g/mol. The van der Waals surface area contributed by atoms with E-state index in [-0.39, 0.29) is 12.4 Å². The highest BCUT2D eigenvalue weighted by molar-refractivity contribution is 6.32. The molecule has 0 aromatic heterocycles. The largest absolute Gasteiger partial charge is 0.469 e. The summed E-state index contributed by atoms with van der Waals surface area (Å²) in [6.45, 7) is 1.96. The van der Waals surface area contributed by atoms with Crippen LogP contribution in [-0.2, 0) is 22.4 Å². The van der Waals surface area contributed by atoms with Gasteiger partial charge in [-0.05, 0) is 17.5 Å². The molecule has 3 nitrogen and oxygen atoms in total. The smallest absolute Gasteiger partial charge is 0.310 e. The summed E-state index contributed by atoms with van der Waals surface area (Å²) in [4.78, 5) is 11.1. The van der Waals surface area contributed by atoms with Gasteiger partial charge in [0, 0.05) is 0 Å². The number of ether oxygens (including phenoxy) is 1. The van der Waals surface area contributed by atoms with Gasteiger partial charge in [0.15, 0.2) is 0 Å². The molecule has 1 aromatic carbocycles. The molecule has 1 rings (SSSR count). The van der Waals surface area contributed by atoms with Gasteiger partial charge in [-0.3, -0.25) is 4.79 Å². The van der Waals surface area contributed by atoms with Crippen LogP contribution in [0.2, 0.25) is 5.02 Å². The predicted octanol–water partition coefficient (Wildman–Crippen LogP) is 2.49. The Morgan fingerprint density at radius 3 is 2.62 bits per heavy atom. The Morgan fingerprint density at radius 1 is 1.50 bits per heavy atom. The van der Waals surface area contributed by atoms with E-state index < -0.39 is 0 Å². The number of esters is 1. The molecule has 0 unspecified atom stereocenters. The predicted molar refractivity (Wildman–Crippen MR) is 61.3 cm³/mol. The summed E-state index contributed by atoms with van der Waals surface area (Å²) >= 11 is 6.07. The van der Waals surface area contributed by atoms with Crippen molar-refractivity contribution in [3.63, 3.8) is 0 Å². The molecule has 0 N–H and O–H groups in total. The van der Waals surface area contributed by atoms with Crippen molar-refractivity contribution in [2.75, 3.05) is 7.11 Å². The van der Waals surface area contributed by atoms with E-state index in [9.17, 15) is 4.79 Å². The topological polar surface area (TPSA) is 50.1 Å². The quantitative estimate of drug-likeness (QED) is 0.759. The van der Waals surface area contributed by atoms with E-state index in [1.807, 2.05) is 19.1 Å². The van der Waals surface area contributed by atoms with Gasteiger partial charge in [-0.25, -0.2) is 0 Å². The number of halogens is 1. The molecule has 0 atom stereocenters. The van der Waals surface area contributed by atoms with Crippen molar-refractivity contribution >= 4 is 17.6 Å². The number of carbonyl (C=O) groups excluding carboxylic acids is 1. The van der Waals surface area contributed by atoms with Crippen LogP contribution in [-0.4, -0.2) is 13.1 Å². The number of hydrogen-bond donors (Lipinski definition) is 0. The van der Waals surface area contributed by atoms with Gasteiger partial charge in [-0.1, -0.05) is 30.7 Å². The fourth-order valence-corrected chi connectivity index (χ4v) is 1.79. The summed E-state index contributed by atoms with van der Waals surface area (Å²) in [5.41, 5.74) is 1.88.